The van der Waals surface area contributed by atoms with Gasteiger partial charge in [-0.2, -0.15) is 0 Å². The number of nitrogens with one attached hydrogen (secondary N) is 3. The Morgan fingerprint density at radius 3 is 2.16 bits per heavy atom. The highest BCUT2D eigenvalue weighted by atomic mass is 16.5. The van der Waals surface area contributed by atoms with Gasteiger partial charge in [-0.05, 0) is 74.2 Å². The molecular formula is C44H51N5O6. The van der Waals surface area contributed by atoms with Crippen LogP contribution < -0.4 is 20.7 Å². The maximum absolute atomic E-state index is 14.6. The molecule has 5 amide bonds. The van der Waals surface area contributed by atoms with Crippen LogP contribution in [0.5, 0.6) is 5.75 Å². The van der Waals surface area contributed by atoms with Gasteiger partial charge in [-0.1, -0.05) is 79.7 Å². The molecule has 0 radical (unpaired) electrons. The highest BCUT2D eigenvalue weighted by Gasteiger charge is 2.31. The molecule has 1 heterocycles. The number of benzene rings is 5. The van der Waals surface area contributed by atoms with E-state index in [1.165, 1.54) is 0 Å². The predicted octanol–water partition coefficient (Wildman–Crippen LogP) is 8.60. The van der Waals surface area contributed by atoms with Gasteiger partial charge in [0.05, 0.1) is 41.8 Å². The summed E-state index contributed by atoms with van der Waals surface area (Å²) in [5.74, 6) is -0.189. The molecule has 11 nitrogen and oxygen atoms in total. The molecule has 0 aliphatic carbocycles. The van der Waals surface area contributed by atoms with Crippen molar-refractivity contribution in [2.45, 2.75) is 58.3 Å². The molecule has 0 bridgehead atoms. The summed E-state index contributed by atoms with van der Waals surface area (Å²) in [5.41, 5.74) is 2.06. The number of anilines is 3. The number of likely N-dealkylation sites (N-methyl/N-ethyl adjacent to an activating group) is 1. The zero-order chi connectivity index (χ0) is 38.9. The van der Waals surface area contributed by atoms with Crippen LogP contribution in [0.4, 0.5) is 26.7 Å². The summed E-state index contributed by atoms with van der Waals surface area (Å²) in [6.45, 7) is 6.48. The number of nitrogens with zero attached hydrogens (tertiary/aromatic N) is 2. The summed E-state index contributed by atoms with van der Waals surface area (Å²) < 4.78 is 12.8. The van der Waals surface area contributed by atoms with Crippen molar-refractivity contribution in [2.24, 2.45) is 5.92 Å². The molecule has 4 atom stereocenters. The maximum Gasteiger partial charge on any atom is 0.323 e. The van der Waals surface area contributed by atoms with Gasteiger partial charge in [0.25, 0.3) is 5.91 Å². The number of ether oxygens (including phenoxy) is 2. The first-order valence-electron chi connectivity index (χ1n) is 19.0. The molecule has 0 saturated carbocycles. The van der Waals surface area contributed by atoms with E-state index in [2.05, 4.69) is 16.0 Å². The van der Waals surface area contributed by atoms with Crippen LogP contribution in [-0.2, 0) is 4.74 Å². The summed E-state index contributed by atoms with van der Waals surface area (Å²) in [6, 6.07) is 31.0. The van der Waals surface area contributed by atoms with Crippen LogP contribution in [0.2, 0.25) is 0 Å². The number of hydrogen-bond donors (Lipinski definition) is 4. The minimum Gasteiger partial charge on any atom is -0.490 e. The van der Waals surface area contributed by atoms with Crippen molar-refractivity contribution in [1.29, 1.82) is 0 Å². The molecule has 6 rings (SSSR count). The van der Waals surface area contributed by atoms with Gasteiger partial charge in [0, 0.05) is 49.1 Å². The van der Waals surface area contributed by atoms with E-state index >= 15 is 0 Å². The number of fused-ring (bicyclic) bond motifs is 3. The Morgan fingerprint density at radius 2 is 1.49 bits per heavy atom. The topological polar surface area (TPSA) is 132 Å². The van der Waals surface area contributed by atoms with Crippen molar-refractivity contribution in [3.63, 3.8) is 0 Å². The first-order valence-corrected chi connectivity index (χ1v) is 19.0. The van der Waals surface area contributed by atoms with Crippen molar-refractivity contribution in [1.82, 2.24) is 9.80 Å². The second-order valence-electron chi connectivity index (χ2n) is 14.5. The van der Waals surface area contributed by atoms with E-state index in [1.807, 2.05) is 98.8 Å². The monoisotopic (exact) mass is 745 g/mol. The average molecular weight is 746 g/mol. The first kappa shape index (κ1) is 39.1. The lowest BCUT2D eigenvalue weighted by Crippen LogP contribution is -2.48. The molecule has 0 unspecified atom stereocenters. The van der Waals surface area contributed by atoms with Crippen LogP contribution in [-0.4, -0.2) is 84.5 Å². The Bertz CT molecular complexity index is 2110. The number of amides is 5. The van der Waals surface area contributed by atoms with Gasteiger partial charge in [-0.15, -0.1) is 0 Å². The van der Waals surface area contributed by atoms with E-state index in [1.54, 1.807) is 42.0 Å². The number of aliphatic hydroxyl groups is 1. The second-order valence-corrected chi connectivity index (χ2v) is 14.5. The zero-order valence-electron chi connectivity index (χ0n) is 32.0. The number of rotatable bonds is 7. The molecular weight excluding hydrogens is 695 g/mol. The predicted molar refractivity (Wildman–Crippen MR) is 219 cm³/mol. The lowest BCUT2D eigenvalue weighted by atomic mass is 10.0. The highest BCUT2D eigenvalue weighted by Crippen LogP contribution is 2.30. The summed E-state index contributed by atoms with van der Waals surface area (Å²) in [4.78, 5) is 44.6. The van der Waals surface area contributed by atoms with E-state index < -0.39 is 18.2 Å². The Balaban J connectivity index is 1.22. The van der Waals surface area contributed by atoms with Crippen molar-refractivity contribution in [3.8, 4) is 5.75 Å². The highest BCUT2D eigenvalue weighted by molar-refractivity contribution is 6.07. The third kappa shape index (κ3) is 9.72. The molecule has 0 spiro atoms. The molecule has 0 saturated heterocycles. The first-order chi connectivity index (χ1) is 26.6. The molecule has 1 aliphatic heterocycles. The van der Waals surface area contributed by atoms with E-state index in [9.17, 15) is 19.5 Å². The summed E-state index contributed by atoms with van der Waals surface area (Å²) in [6.07, 6.45) is 1.75. The zero-order valence-corrected chi connectivity index (χ0v) is 32.0. The standard InChI is InChI=1S/C44H51N5O6/c1-29-26-49(30(2)28-50)42(51)37-25-34(45-43(52)46-38-20-11-16-32-14-5-7-18-35(32)38)22-23-40(37)55-31(3)13-9-10-24-54-41(29)27-48(4)44(53)47-39-21-12-17-33-15-6-8-19-36(33)39/h5-8,11-12,14-23,25,29-31,41,50H,9-10,13,24,26-28H2,1-4H3,(H,47,53)(H2,45,46,52)/t29-,30+,31+,41-/m0/s1. The minimum atomic E-state index is -0.549. The van der Waals surface area contributed by atoms with Crippen molar-refractivity contribution in [3.05, 3.63) is 109 Å². The number of urea groups is 2. The molecule has 5 aromatic carbocycles. The third-order valence-electron chi connectivity index (χ3n) is 10.2. The molecule has 1 aliphatic rings. The Morgan fingerprint density at radius 1 is 0.855 bits per heavy atom. The number of carbonyl (C=O) groups is 3. The molecule has 0 fully saturated rings. The van der Waals surface area contributed by atoms with E-state index in [0.717, 1.165) is 46.5 Å². The van der Waals surface area contributed by atoms with Crippen LogP contribution in [0.25, 0.3) is 21.5 Å². The van der Waals surface area contributed by atoms with Crippen LogP contribution in [0, 0.1) is 5.92 Å². The van der Waals surface area contributed by atoms with Crippen LogP contribution in [0.1, 0.15) is 50.4 Å². The van der Waals surface area contributed by atoms with Gasteiger partial charge in [-0.3, -0.25) is 4.79 Å². The van der Waals surface area contributed by atoms with Crippen LogP contribution in [0.3, 0.4) is 0 Å². The van der Waals surface area contributed by atoms with E-state index in [0.29, 0.717) is 23.7 Å². The number of aliphatic hydroxyl groups excluding tert-OH is 1. The van der Waals surface area contributed by atoms with E-state index in [4.69, 9.17) is 9.47 Å². The number of carbonyl (C=O) groups excluding carboxylic acids is 3. The fraction of sp³-hybridized carbons (Fsp3) is 0.341. The van der Waals surface area contributed by atoms with Gasteiger partial charge in [-0.25, -0.2) is 9.59 Å². The summed E-state index contributed by atoms with van der Waals surface area (Å²) in [7, 11) is 1.74. The molecule has 5 aromatic rings. The second kappa shape index (κ2) is 18.1. The quantitative estimate of drug-likeness (QED) is 0.132. The molecule has 4 N–H and O–H groups in total. The Kier molecular flexibility index (Phi) is 12.9. The normalized spacial score (nSPS) is 18.7. The number of hydrogen-bond acceptors (Lipinski definition) is 6. The molecule has 0 aromatic heterocycles. The molecule has 55 heavy (non-hydrogen) atoms. The fourth-order valence-corrected chi connectivity index (χ4v) is 6.98. The summed E-state index contributed by atoms with van der Waals surface area (Å²) in [5, 5.41) is 23.1. The lowest BCUT2D eigenvalue weighted by Gasteiger charge is -2.35. The van der Waals surface area contributed by atoms with Crippen molar-refractivity contribution < 1.29 is 29.0 Å². The lowest BCUT2D eigenvalue weighted by molar-refractivity contribution is -0.0115. The van der Waals surface area contributed by atoms with Crippen LogP contribution in [0.15, 0.2) is 103 Å². The van der Waals surface area contributed by atoms with Gasteiger partial charge >= 0.3 is 12.1 Å². The Labute approximate surface area is 322 Å². The van der Waals surface area contributed by atoms with Gasteiger partial charge in [0.1, 0.15) is 5.75 Å². The Hall–Kier alpha value is -5.65. The van der Waals surface area contributed by atoms with Gasteiger partial charge < -0.3 is 40.3 Å². The average Bonchev–Trinajstić information content (AvgIpc) is 3.19. The SMILES string of the molecule is C[C@@H]1CCCCO[C@@H](CN(C)C(=O)Nc2cccc3ccccc23)[C@@H](C)CN([C@H](C)CO)C(=O)c2cc(NC(=O)Nc3cccc4ccccc34)ccc2O1. The van der Waals surface area contributed by atoms with Crippen LogP contribution >= 0.6 is 0 Å². The minimum absolute atomic E-state index is 0.203. The largest absolute Gasteiger partial charge is 0.490 e. The third-order valence-corrected chi connectivity index (χ3v) is 10.2. The molecule has 11 heteroatoms. The fourth-order valence-electron chi connectivity index (χ4n) is 6.98. The maximum atomic E-state index is 14.6. The summed E-state index contributed by atoms with van der Waals surface area (Å²) >= 11 is 0. The van der Waals surface area contributed by atoms with Gasteiger partial charge in [0.15, 0.2) is 0 Å². The van der Waals surface area contributed by atoms with Gasteiger partial charge in [0.2, 0.25) is 0 Å². The van der Waals surface area contributed by atoms with Crippen molar-refractivity contribution >= 4 is 56.6 Å². The smallest absolute Gasteiger partial charge is 0.323 e. The molecule has 288 valence electrons. The van der Waals surface area contributed by atoms with Crippen molar-refractivity contribution in [2.75, 3.05) is 49.3 Å². The van der Waals surface area contributed by atoms with E-state index in [-0.39, 0.29) is 49.2 Å².